The van der Waals surface area contributed by atoms with Crippen molar-refractivity contribution in [3.63, 3.8) is 0 Å². The Balaban J connectivity index is 1.94. The Hall–Kier alpha value is -1.73. The van der Waals surface area contributed by atoms with E-state index in [1.807, 2.05) is 12.1 Å². The molecule has 0 radical (unpaired) electrons. The molecule has 0 atom stereocenters. The Kier molecular flexibility index (Phi) is 7.91. The summed E-state index contributed by atoms with van der Waals surface area (Å²) in [5.41, 5.74) is 5.11. The van der Waals surface area contributed by atoms with Crippen LogP contribution in [0, 0.1) is 0 Å². The summed E-state index contributed by atoms with van der Waals surface area (Å²) in [5, 5.41) is 5.83. The van der Waals surface area contributed by atoms with Crippen molar-refractivity contribution in [2.45, 2.75) is 0 Å². The van der Waals surface area contributed by atoms with Gasteiger partial charge in [-0.1, -0.05) is 44.0 Å². The highest BCUT2D eigenvalue weighted by Crippen LogP contribution is 2.15. The minimum Gasteiger partial charge on any atom is -0.370 e. The minimum absolute atomic E-state index is 0.258. The summed E-state index contributed by atoms with van der Waals surface area (Å²) in [6, 6.07) is 11.3. The number of alkyl halides is 2. The molecule has 0 aliphatic carbocycles. The number of hydrogen-bond acceptors (Lipinski definition) is 4. The lowest BCUT2D eigenvalue weighted by atomic mass is 10.2. The smallest absolute Gasteiger partial charge is 0.271 e. The van der Waals surface area contributed by atoms with Crippen LogP contribution in [0.1, 0.15) is 15.9 Å². The zero-order chi connectivity index (χ0) is 17.2. The van der Waals surface area contributed by atoms with Gasteiger partial charge in [0.05, 0.1) is 6.21 Å². The van der Waals surface area contributed by atoms with Gasteiger partial charge in [0, 0.05) is 47.4 Å². The van der Waals surface area contributed by atoms with E-state index in [-0.39, 0.29) is 5.91 Å². The number of hydrogen-bond donors (Lipinski definition) is 1. The van der Waals surface area contributed by atoms with Crippen LogP contribution in [0.15, 0.2) is 53.9 Å². The number of carbonyl (C=O) groups excluding carboxylic acids is 1. The van der Waals surface area contributed by atoms with Gasteiger partial charge in [0.15, 0.2) is 0 Å². The lowest BCUT2D eigenvalue weighted by molar-refractivity contribution is 0.0955. The largest absolute Gasteiger partial charge is 0.370 e. The van der Waals surface area contributed by atoms with E-state index in [0.29, 0.717) is 5.56 Å². The van der Waals surface area contributed by atoms with E-state index >= 15 is 0 Å². The van der Waals surface area contributed by atoms with Gasteiger partial charge < -0.3 is 4.90 Å². The fourth-order valence-corrected chi connectivity index (χ4v) is 2.93. The molecule has 1 aromatic heterocycles. The molecule has 1 N–H and O–H groups in total. The number of nitrogens with zero attached hydrogens (tertiary/aromatic N) is 3. The molecular weight excluding hydrogens is 436 g/mol. The molecule has 24 heavy (non-hydrogen) atoms. The molecule has 1 heterocycles. The maximum absolute atomic E-state index is 11.9. The Morgan fingerprint density at radius 3 is 2.29 bits per heavy atom. The SMILES string of the molecule is O=C(N/N=C/c1ccc(N(CCBr)CCBr)cc1)c1ccncc1. The second-order valence-electron chi connectivity index (χ2n) is 4.89. The first-order valence-electron chi connectivity index (χ1n) is 7.45. The van der Waals surface area contributed by atoms with Crippen LogP contribution < -0.4 is 10.3 Å². The van der Waals surface area contributed by atoms with Crippen molar-refractivity contribution in [2.24, 2.45) is 5.10 Å². The molecule has 1 aromatic carbocycles. The van der Waals surface area contributed by atoms with Crippen LogP contribution in [0.4, 0.5) is 5.69 Å². The van der Waals surface area contributed by atoms with Gasteiger partial charge in [0.2, 0.25) is 0 Å². The Morgan fingerprint density at radius 2 is 1.71 bits per heavy atom. The number of hydrazone groups is 1. The Labute approximate surface area is 158 Å². The van der Waals surface area contributed by atoms with Gasteiger partial charge in [-0.25, -0.2) is 5.43 Å². The molecule has 0 spiro atoms. The number of aromatic nitrogens is 1. The summed E-state index contributed by atoms with van der Waals surface area (Å²) in [6.45, 7) is 1.89. The van der Waals surface area contributed by atoms with Crippen LogP contribution in [0.3, 0.4) is 0 Å². The number of amides is 1. The first kappa shape index (κ1) is 18.6. The van der Waals surface area contributed by atoms with E-state index < -0.39 is 0 Å². The fraction of sp³-hybridized carbons (Fsp3) is 0.235. The second-order valence-corrected chi connectivity index (χ2v) is 6.48. The first-order valence-corrected chi connectivity index (χ1v) is 9.69. The molecule has 0 unspecified atom stereocenters. The van der Waals surface area contributed by atoms with Crippen molar-refractivity contribution in [3.8, 4) is 0 Å². The molecule has 0 bridgehead atoms. The van der Waals surface area contributed by atoms with Crippen LogP contribution in [-0.4, -0.2) is 40.9 Å². The molecule has 2 rings (SSSR count). The highest BCUT2D eigenvalue weighted by Gasteiger charge is 2.05. The maximum Gasteiger partial charge on any atom is 0.271 e. The third-order valence-electron chi connectivity index (χ3n) is 3.29. The summed E-state index contributed by atoms with van der Waals surface area (Å²) in [4.78, 5) is 18.0. The predicted molar refractivity (Wildman–Crippen MR) is 106 cm³/mol. The standard InChI is InChI=1S/C17H18Br2N4O/c18-7-11-23(12-8-19)16-3-1-14(2-4-16)13-21-22-17(24)15-5-9-20-10-6-15/h1-6,9-10,13H,7-8,11-12H2,(H,22,24)/b21-13+. The molecule has 2 aromatic rings. The number of rotatable bonds is 8. The molecule has 0 fully saturated rings. The topological polar surface area (TPSA) is 57.6 Å². The molecule has 0 saturated heterocycles. The summed E-state index contributed by atoms with van der Waals surface area (Å²) in [7, 11) is 0. The summed E-state index contributed by atoms with van der Waals surface area (Å²) < 4.78 is 0. The third kappa shape index (κ3) is 5.72. The Bertz CT molecular complexity index is 656. The highest BCUT2D eigenvalue weighted by molar-refractivity contribution is 9.09. The highest BCUT2D eigenvalue weighted by atomic mass is 79.9. The average molecular weight is 454 g/mol. The monoisotopic (exact) mass is 452 g/mol. The van der Waals surface area contributed by atoms with Gasteiger partial charge in [-0.2, -0.15) is 5.10 Å². The number of benzene rings is 1. The van der Waals surface area contributed by atoms with Crippen LogP contribution in [0.25, 0.3) is 0 Å². The lowest BCUT2D eigenvalue weighted by Crippen LogP contribution is -2.27. The molecule has 1 amide bonds. The predicted octanol–water partition coefficient (Wildman–Crippen LogP) is 3.44. The lowest BCUT2D eigenvalue weighted by Gasteiger charge is -2.23. The van der Waals surface area contributed by atoms with Crippen molar-refractivity contribution in [2.75, 3.05) is 28.6 Å². The average Bonchev–Trinajstić information content (AvgIpc) is 2.63. The quantitative estimate of drug-likeness (QED) is 0.378. The minimum atomic E-state index is -0.258. The maximum atomic E-state index is 11.9. The molecule has 0 aliphatic rings. The van der Waals surface area contributed by atoms with Gasteiger partial charge in [-0.15, -0.1) is 0 Å². The van der Waals surface area contributed by atoms with Gasteiger partial charge in [-0.3, -0.25) is 9.78 Å². The number of pyridine rings is 1. The first-order chi connectivity index (χ1) is 11.7. The molecule has 126 valence electrons. The van der Waals surface area contributed by atoms with E-state index in [0.717, 1.165) is 35.0 Å². The van der Waals surface area contributed by atoms with Gasteiger partial charge >= 0.3 is 0 Å². The van der Waals surface area contributed by atoms with Crippen molar-refractivity contribution in [1.29, 1.82) is 0 Å². The fourth-order valence-electron chi connectivity index (χ4n) is 2.08. The van der Waals surface area contributed by atoms with Crippen LogP contribution in [0.2, 0.25) is 0 Å². The van der Waals surface area contributed by atoms with Gasteiger partial charge in [0.1, 0.15) is 0 Å². The number of halogens is 2. The van der Waals surface area contributed by atoms with E-state index in [2.05, 4.69) is 64.4 Å². The second kappa shape index (κ2) is 10.2. The van der Waals surface area contributed by atoms with E-state index in [1.165, 1.54) is 0 Å². The van der Waals surface area contributed by atoms with Crippen LogP contribution >= 0.6 is 31.9 Å². The van der Waals surface area contributed by atoms with Crippen LogP contribution in [-0.2, 0) is 0 Å². The zero-order valence-electron chi connectivity index (χ0n) is 13.0. The summed E-state index contributed by atoms with van der Waals surface area (Å²) in [5.74, 6) is -0.258. The summed E-state index contributed by atoms with van der Waals surface area (Å²) in [6.07, 6.45) is 4.77. The number of anilines is 1. The van der Waals surface area contributed by atoms with E-state index in [4.69, 9.17) is 0 Å². The molecule has 7 heteroatoms. The Morgan fingerprint density at radius 1 is 1.08 bits per heavy atom. The van der Waals surface area contributed by atoms with Crippen LogP contribution in [0.5, 0.6) is 0 Å². The zero-order valence-corrected chi connectivity index (χ0v) is 16.2. The van der Waals surface area contributed by atoms with Crippen molar-refractivity contribution in [3.05, 3.63) is 59.9 Å². The number of nitrogens with one attached hydrogen (secondary N) is 1. The van der Waals surface area contributed by atoms with Crippen molar-refractivity contribution in [1.82, 2.24) is 10.4 Å². The summed E-state index contributed by atoms with van der Waals surface area (Å²) >= 11 is 6.95. The third-order valence-corrected chi connectivity index (χ3v) is 4.00. The van der Waals surface area contributed by atoms with E-state index in [9.17, 15) is 4.79 Å². The van der Waals surface area contributed by atoms with Crippen molar-refractivity contribution >= 4 is 49.7 Å². The van der Waals surface area contributed by atoms with E-state index in [1.54, 1.807) is 30.7 Å². The number of carbonyl (C=O) groups is 1. The van der Waals surface area contributed by atoms with Gasteiger partial charge in [0.25, 0.3) is 5.91 Å². The normalized spacial score (nSPS) is 10.8. The molecule has 0 aliphatic heterocycles. The molecule has 5 nitrogen and oxygen atoms in total. The molecular formula is C17H18Br2N4O. The van der Waals surface area contributed by atoms with Crippen molar-refractivity contribution < 1.29 is 4.79 Å². The molecule has 0 saturated carbocycles. The van der Waals surface area contributed by atoms with Gasteiger partial charge in [-0.05, 0) is 29.8 Å².